The summed E-state index contributed by atoms with van der Waals surface area (Å²) >= 11 is 10.7. The number of rotatable bonds is 5. The summed E-state index contributed by atoms with van der Waals surface area (Å²) in [6, 6.07) is 13.1. The van der Waals surface area contributed by atoms with Crippen molar-refractivity contribution in [2.75, 3.05) is 13.7 Å². The van der Waals surface area contributed by atoms with E-state index in [0.717, 1.165) is 0 Å². The van der Waals surface area contributed by atoms with Crippen LogP contribution in [-0.2, 0) is 4.79 Å². The molecule has 3 N–H and O–H groups in total. The van der Waals surface area contributed by atoms with E-state index >= 15 is 0 Å². The molecule has 2 amide bonds. The molecule has 2 aromatic rings. The van der Waals surface area contributed by atoms with Crippen molar-refractivity contribution < 1.29 is 19.1 Å². The van der Waals surface area contributed by atoms with E-state index in [9.17, 15) is 9.59 Å². The number of halogens is 1. The Morgan fingerprint density at radius 1 is 1.00 bits per heavy atom. The Morgan fingerprint density at radius 3 is 2.23 bits per heavy atom. The lowest BCUT2D eigenvalue weighted by Gasteiger charge is -2.11. The summed E-state index contributed by atoms with van der Waals surface area (Å²) in [5.74, 6) is 0.297. The van der Waals surface area contributed by atoms with Crippen LogP contribution in [0.25, 0.3) is 0 Å². The Kier molecular flexibility index (Phi) is 7.19. The standard InChI is InChI=1S/C17H16ClN3O4S/c1-24-13-6-8-14(9-7-13)25-10-15(22)19-17(26)21-20-16(23)11-2-4-12(18)5-3-11/h2-9H,10H2,1H3,(H,20,23)(H2,19,21,22,26). The molecule has 0 saturated heterocycles. The average Bonchev–Trinajstić information content (AvgIpc) is 2.65. The lowest BCUT2D eigenvalue weighted by Crippen LogP contribution is -2.49. The third-order valence-electron chi connectivity index (χ3n) is 3.08. The van der Waals surface area contributed by atoms with Gasteiger partial charge in [-0.05, 0) is 60.7 Å². The van der Waals surface area contributed by atoms with E-state index in [2.05, 4.69) is 16.2 Å². The van der Waals surface area contributed by atoms with E-state index in [4.69, 9.17) is 33.3 Å². The Labute approximate surface area is 160 Å². The van der Waals surface area contributed by atoms with Crippen LogP contribution >= 0.6 is 23.8 Å². The second-order valence-electron chi connectivity index (χ2n) is 4.93. The Balaban J connectivity index is 1.71. The SMILES string of the molecule is COc1ccc(OCC(=O)NC(=S)NNC(=O)c2ccc(Cl)cc2)cc1. The molecule has 0 bridgehead atoms. The predicted octanol–water partition coefficient (Wildman–Crippen LogP) is 2.06. The van der Waals surface area contributed by atoms with E-state index in [0.29, 0.717) is 22.1 Å². The summed E-state index contributed by atoms with van der Waals surface area (Å²) in [5.41, 5.74) is 5.19. The van der Waals surface area contributed by atoms with Crippen LogP contribution in [0.4, 0.5) is 0 Å². The summed E-state index contributed by atoms with van der Waals surface area (Å²) in [6.45, 7) is -0.237. The molecule has 0 radical (unpaired) electrons. The number of benzene rings is 2. The number of carbonyl (C=O) groups is 2. The molecule has 0 aromatic heterocycles. The van der Waals surface area contributed by atoms with Gasteiger partial charge in [0.15, 0.2) is 11.7 Å². The fraction of sp³-hybridized carbons (Fsp3) is 0.118. The van der Waals surface area contributed by atoms with Crippen LogP contribution in [0.3, 0.4) is 0 Å². The molecule has 0 aliphatic carbocycles. The fourth-order valence-electron chi connectivity index (χ4n) is 1.80. The molecule has 136 valence electrons. The van der Waals surface area contributed by atoms with Crippen molar-refractivity contribution in [3.05, 3.63) is 59.1 Å². The van der Waals surface area contributed by atoms with Gasteiger partial charge < -0.3 is 9.47 Å². The van der Waals surface area contributed by atoms with Crippen LogP contribution < -0.4 is 25.6 Å². The summed E-state index contributed by atoms with van der Waals surface area (Å²) in [4.78, 5) is 23.7. The normalized spacial score (nSPS) is 9.77. The van der Waals surface area contributed by atoms with Crippen molar-refractivity contribution in [3.8, 4) is 11.5 Å². The minimum Gasteiger partial charge on any atom is -0.497 e. The third kappa shape index (κ3) is 6.23. The first-order valence-electron chi connectivity index (χ1n) is 7.40. The van der Waals surface area contributed by atoms with E-state index in [1.807, 2.05) is 0 Å². The zero-order chi connectivity index (χ0) is 18.9. The first-order valence-corrected chi connectivity index (χ1v) is 8.19. The van der Waals surface area contributed by atoms with Crippen LogP contribution in [0.5, 0.6) is 11.5 Å². The van der Waals surface area contributed by atoms with Crippen LogP contribution in [0.1, 0.15) is 10.4 Å². The van der Waals surface area contributed by atoms with Gasteiger partial charge in [0.25, 0.3) is 11.8 Å². The second-order valence-corrected chi connectivity index (χ2v) is 5.77. The molecule has 0 fully saturated rings. The highest BCUT2D eigenvalue weighted by molar-refractivity contribution is 7.80. The summed E-state index contributed by atoms with van der Waals surface area (Å²) < 4.78 is 10.3. The van der Waals surface area contributed by atoms with Crippen molar-refractivity contribution in [2.45, 2.75) is 0 Å². The minimum absolute atomic E-state index is 0.0596. The summed E-state index contributed by atoms with van der Waals surface area (Å²) in [7, 11) is 1.56. The number of methoxy groups -OCH3 is 1. The molecule has 0 spiro atoms. The van der Waals surface area contributed by atoms with Crippen molar-refractivity contribution in [1.82, 2.24) is 16.2 Å². The van der Waals surface area contributed by atoms with Gasteiger partial charge in [-0.1, -0.05) is 11.6 Å². The van der Waals surface area contributed by atoms with Gasteiger partial charge >= 0.3 is 0 Å². The molecule has 0 aliphatic heterocycles. The number of thiocarbonyl (C=S) groups is 1. The van der Waals surface area contributed by atoms with Crippen LogP contribution in [-0.4, -0.2) is 30.6 Å². The van der Waals surface area contributed by atoms with Gasteiger partial charge in [-0.2, -0.15) is 0 Å². The van der Waals surface area contributed by atoms with Gasteiger partial charge in [0, 0.05) is 10.6 Å². The number of hydrogen-bond donors (Lipinski definition) is 3. The molecular weight excluding hydrogens is 378 g/mol. The molecule has 7 nitrogen and oxygen atoms in total. The number of hydrazine groups is 1. The Bertz CT molecular complexity index is 782. The van der Waals surface area contributed by atoms with E-state index in [-0.39, 0.29) is 11.7 Å². The first-order chi connectivity index (χ1) is 12.5. The highest BCUT2D eigenvalue weighted by Gasteiger charge is 2.08. The molecular formula is C17H16ClN3O4S. The van der Waals surface area contributed by atoms with Gasteiger partial charge in [-0.15, -0.1) is 0 Å². The van der Waals surface area contributed by atoms with Gasteiger partial charge in [-0.25, -0.2) is 0 Å². The molecule has 0 unspecified atom stereocenters. The van der Waals surface area contributed by atoms with E-state index in [1.165, 1.54) is 0 Å². The van der Waals surface area contributed by atoms with Gasteiger partial charge in [0.05, 0.1) is 7.11 Å². The van der Waals surface area contributed by atoms with Crippen LogP contribution in [0, 0.1) is 0 Å². The van der Waals surface area contributed by atoms with Crippen molar-refractivity contribution in [3.63, 3.8) is 0 Å². The van der Waals surface area contributed by atoms with E-state index in [1.54, 1.807) is 55.6 Å². The summed E-state index contributed by atoms with van der Waals surface area (Å²) in [6.07, 6.45) is 0. The van der Waals surface area contributed by atoms with Gasteiger partial charge in [0.1, 0.15) is 11.5 Å². The number of carbonyl (C=O) groups excluding carboxylic acids is 2. The molecule has 2 rings (SSSR count). The number of nitrogens with one attached hydrogen (secondary N) is 3. The van der Waals surface area contributed by atoms with Crippen molar-refractivity contribution >= 4 is 40.7 Å². The maximum atomic E-state index is 11.9. The maximum Gasteiger partial charge on any atom is 0.269 e. The van der Waals surface area contributed by atoms with Crippen molar-refractivity contribution in [2.24, 2.45) is 0 Å². The third-order valence-corrected chi connectivity index (χ3v) is 3.53. The van der Waals surface area contributed by atoms with Crippen LogP contribution in [0.15, 0.2) is 48.5 Å². The average molecular weight is 394 g/mol. The molecule has 9 heteroatoms. The molecule has 0 atom stereocenters. The number of ether oxygens (including phenoxy) is 2. The van der Waals surface area contributed by atoms with E-state index < -0.39 is 11.8 Å². The minimum atomic E-state index is -0.473. The summed E-state index contributed by atoms with van der Waals surface area (Å²) in [5, 5.41) is 2.85. The molecule has 0 saturated carbocycles. The highest BCUT2D eigenvalue weighted by atomic mass is 35.5. The smallest absolute Gasteiger partial charge is 0.269 e. The molecule has 2 aromatic carbocycles. The Hall–Kier alpha value is -2.84. The zero-order valence-corrected chi connectivity index (χ0v) is 15.3. The number of hydrogen-bond acceptors (Lipinski definition) is 5. The first kappa shape index (κ1) is 19.5. The quantitative estimate of drug-likeness (QED) is 0.532. The monoisotopic (exact) mass is 393 g/mol. The zero-order valence-electron chi connectivity index (χ0n) is 13.7. The lowest BCUT2D eigenvalue weighted by atomic mass is 10.2. The van der Waals surface area contributed by atoms with Crippen molar-refractivity contribution in [1.29, 1.82) is 0 Å². The fourth-order valence-corrected chi connectivity index (χ4v) is 2.09. The molecule has 0 heterocycles. The Morgan fingerprint density at radius 2 is 1.62 bits per heavy atom. The number of amides is 2. The molecule has 26 heavy (non-hydrogen) atoms. The second kappa shape index (κ2) is 9.59. The molecule has 0 aliphatic rings. The predicted molar refractivity (Wildman–Crippen MR) is 101 cm³/mol. The topological polar surface area (TPSA) is 88.7 Å². The largest absolute Gasteiger partial charge is 0.497 e. The van der Waals surface area contributed by atoms with Crippen LogP contribution in [0.2, 0.25) is 5.02 Å². The maximum absolute atomic E-state index is 11.9. The highest BCUT2D eigenvalue weighted by Crippen LogP contribution is 2.16. The van der Waals surface area contributed by atoms with Gasteiger partial charge in [0.2, 0.25) is 0 Å². The lowest BCUT2D eigenvalue weighted by molar-refractivity contribution is -0.121. The van der Waals surface area contributed by atoms with Gasteiger partial charge in [-0.3, -0.25) is 25.8 Å².